The SMILES string of the molecule is CCN(CC)CCOc1cc(C#CCCCl)ccc1F. The van der Waals surface area contributed by atoms with Gasteiger partial charge in [-0.2, -0.15) is 0 Å². The van der Waals surface area contributed by atoms with Gasteiger partial charge in [-0.15, -0.1) is 11.6 Å². The van der Waals surface area contributed by atoms with Crippen LogP contribution in [0.4, 0.5) is 4.39 Å². The Hall–Kier alpha value is -1.24. The third-order valence-electron chi connectivity index (χ3n) is 2.94. The molecule has 1 rings (SSSR count). The Morgan fingerprint density at radius 2 is 2.05 bits per heavy atom. The van der Waals surface area contributed by atoms with Crippen LogP contribution in [0.1, 0.15) is 25.8 Å². The summed E-state index contributed by atoms with van der Waals surface area (Å²) in [7, 11) is 0. The molecule has 0 unspecified atom stereocenters. The first kappa shape index (κ1) is 16.8. The van der Waals surface area contributed by atoms with Crippen LogP contribution in [0.2, 0.25) is 0 Å². The minimum atomic E-state index is -0.354. The first-order chi connectivity index (χ1) is 9.71. The van der Waals surface area contributed by atoms with Crippen molar-refractivity contribution >= 4 is 11.6 Å². The lowest BCUT2D eigenvalue weighted by Crippen LogP contribution is -2.28. The highest BCUT2D eigenvalue weighted by molar-refractivity contribution is 6.18. The van der Waals surface area contributed by atoms with Gasteiger partial charge >= 0.3 is 0 Å². The van der Waals surface area contributed by atoms with Crippen LogP contribution in [0.5, 0.6) is 5.75 Å². The smallest absolute Gasteiger partial charge is 0.165 e. The van der Waals surface area contributed by atoms with Crippen molar-refractivity contribution in [1.29, 1.82) is 0 Å². The summed E-state index contributed by atoms with van der Waals surface area (Å²) in [4.78, 5) is 2.22. The number of likely N-dealkylation sites (N-methyl/N-ethyl adjacent to an activating group) is 1. The largest absolute Gasteiger partial charge is 0.489 e. The second kappa shape index (κ2) is 9.63. The van der Waals surface area contributed by atoms with Gasteiger partial charge in [0.1, 0.15) is 6.61 Å². The van der Waals surface area contributed by atoms with E-state index >= 15 is 0 Å². The number of nitrogens with zero attached hydrogens (tertiary/aromatic N) is 1. The predicted octanol–water partition coefficient (Wildman–Crippen LogP) is 3.53. The highest BCUT2D eigenvalue weighted by atomic mass is 35.5. The molecule has 0 aliphatic rings. The molecule has 4 heteroatoms. The maximum atomic E-state index is 13.6. The Morgan fingerprint density at radius 1 is 1.30 bits per heavy atom. The topological polar surface area (TPSA) is 12.5 Å². The normalized spacial score (nSPS) is 10.2. The van der Waals surface area contributed by atoms with Crippen molar-refractivity contribution in [2.24, 2.45) is 0 Å². The number of alkyl halides is 1. The Bertz CT molecular complexity index is 463. The van der Waals surface area contributed by atoms with Crippen LogP contribution < -0.4 is 4.74 Å². The standard InChI is InChI=1S/C16H21ClFNO/c1-3-19(4-2)11-12-20-16-13-14(7-5-6-10-17)8-9-15(16)18/h8-9,13H,3-4,6,10-12H2,1-2H3. The summed E-state index contributed by atoms with van der Waals surface area (Å²) in [5.41, 5.74) is 0.745. The molecule has 1 aromatic rings. The van der Waals surface area contributed by atoms with E-state index < -0.39 is 0 Å². The summed E-state index contributed by atoms with van der Waals surface area (Å²) in [6, 6.07) is 4.67. The zero-order valence-corrected chi connectivity index (χ0v) is 12.8. The number of ether oxygens (including phenoxy) is 1. The molecule has 110 valence electrons. The molecule has 0 bridgehead atoms. The summed E-state index contributed by atoms with van der Waals surface area (Å²) in [5.74, 6) is 6.27. The van der Waals surface area contributed by atoms with Gasteiger partial charge in [0, 0.05) is 24.4 Å². The quantitative estimate of drug-likeness (QED) is 0.564. The first-order valence-electron chi connectivity index (χ1n) is 6.90. The average molecular weight is 298 g/mol. The lowest BCUT2D eigenvalue weighted by atomic mass is 10.2. The third-order valence-corrected chi connectivity index (χ3v) is 3.13. The Morgan fingerprint density at radius 3 is 2.70 bits per heavy atom. The van der Waals surface area contributed by atoms with E-state index in [-0.39, 0.29) is 11.6 Å². The Balaban J connectivity index is 2.61. The molecule has 0 saturated heterocycles. The number of hydrogen-bond acceptors (Lipinski definition) is 2. The molecule has 0 amide bonds. The highest BCUT2D eigenvalue weighted by Crippen LogP contribution is 2.18. The van der Waals surface area contributed by atoms with Crippen LogP contribution in [-0.2, 0) is 0 Å². The fourth-order valence-corrected chi connectivity index (χ4v) is 1.82. The highest BCUT2D eigenvalue weighted by Gasteiger charge is 2.05. The summed E-state index contributed by atoms with van der Waals surface area (Å²) < 4.78 is 19.1. The molecule has 2 nitrogen and oxygen atoms in total. The minimum absolute atomic E-state index is 0.259. The molecule has 0 aliphatic carbocycles. The molecule has 0 atom stereocenters. The molecule has 0 aliphatic heterocycles. The average Bonchev–Trinajstić information content (AvgIpc) is 2.47. The van der Waals surface area contributed by atoms with Gasteiger partial charge in [-0.25, -0.2) is 4.39 Å². The van der Waals surface area contributed by atoms with Gasteiger partial charge in [-0.1, -0.05) is 25.7 Å². The minimum Gasteiger partial charge on any atom is -0.489 e. The monoisotopic (exact) mass is 297 g/mol. The van der Waals surface area contributed by atoms with E-state index in [1.54, 1.807) is 12.1 Å². The molecule has 0 saturated carbocycles. The van der Waals surface area contributed by atoms with Crippen LogP contribution in [0, 0.1) is 17.7 Å². The van der Waals surface area contributed by atoms with Crippen LogP contribution in [-0.4, -0.2) is 37.0 Å². The Kier molecular flexibility index (Phi) is 8.10. The number of benzene rings is 1. The van der Waals surface area contributed by atoms with E-state index in [1.807, 2.05) is 0 Å². The summed E-state index contributed by atoms with van der Waals surface area (Å²) >= 11 is 5.56. The van der Waals surface area contributed by atoms with E-state index in [9.17, 15) is 4.39 Å². The van der Waals surface area contributed by atoms with E-state index in [0.29, 0.717) is 18.9 Å². The zero-order chi connectivity index (χ0) is 14.8. The molecular weight excluding hydrogens is 277 g/mol. The summed E-state index contributed by atoms with van der Waals surface area (Å²) in [6.45, 7) is 7.37. The molecule has 0 fully saturated rings. The molecule has 0 radical (unpaired) electrons. The van der Waals surface area contributed by atoms with Crippen LogP contribution in [0.15, 0.2) is 18.2 Å². The fraction of sp³-hybridized carbons (Fsp3) is 0.500. The van der Waals surface area contributed by atoms with Gasteiger partial charge in [0.2, 0.25) is 0 Å². The number of rotatable bonds is 7. The maximum absolute atomic E-state index is 13.6. The third kappa shape index (κ3) is 5.81. The van der Waals surface area contributed by atoms with Crippen LogP contribution in [0.3, 0.4) is 0 Å². The first-order valence-corrected chi connectivity index (χ1v) is 7.44. The molecule has 0 heterocycles. The van der Waals surface area contributed by atoms with Crippen molar-refractivity contribution < 1.29 is 9.13 Å². The number of halogens is 2. The van der Waals surface area contributed by atoms with E-state index in [2.05, 4.69) is 30.6 Å². The van der Waals surface area contributed by atoms with Crippen LogP contribution in [0.25, 0.3) is 0 Å². The Labute approximate surface area is 125 Å². The van der Waals surface area contributed by atoms with Crippen LogP contribution >= 0.6 is 11.6 Å². The summed E-state index contributed by atoms with van der Waals surface area (Å²) in [6.07, 6.45) is 0.622. The molecule has 1 aromatic carbocycles. The predicted molar refractivity (Wildman–Crippen MR) is 81.9 cm³/mol. The molecule has 0 spiro atoms. The van der Waals surface area contributed by atoms with Crippen molar-refractivity contribution in [3.05, 3.63) is 29.6 Å². The van der Waals surface area contributed by atoms with Crippen molar-refractivity contribution in [3.63, 3.8) is 0 Å². The fourth-order valence-electron chi connectivity index (χ4n) is 1.73. The van der Waals surface area contributed by atoms with E-state index in [4.69, 9.17) is 16.3 Å². The van der Waals surface area contributed by atoms with Gasteiger partial charge < -0.3 is 9.64 Å². The van der Waals surface area contributed by atoms with Crippen molar-refractivity contribution in [3.8, 4) is 17.6 Å². The number of hydrogen-bond donors (Lipinski definition) is 0. The maximum Gasteiger partial charge on any atom is 0.165 e. The molecular formula is C16H21ClFNO. The van der Waals surface area contributed by atoms with Crippen molar-refractivity contribution in [2.75, 3.05) is 32.1 Å². The van der Waals surface area contributed by atoms with E-state index in [0.717, 1.165) is 25.2 Å². The van der Waals surface area contributed by atoms with Gasteiger partial charge in [-0.3, -0.25) is 0 Å². The van der Waals surface area contributed by atoms with E-state index in [1.165, 1.54) is 6.07 Å². The van der Waals surface area contributed by atoms with Gasteiger partial charge in [-0.05, 0) is 31.3 Å². The van der Waals surface area contributed by atoms with Crippen molar-refractivity contribution in [2.45, 2.75) is 20.3 Å². The lowest BCUT2D eigenvalue weighted by Gasteiger charge is -2.18. The van der Waals surface area contributed by atoms with Gasteiger partial charge in [0.15, 0.2) is 11.6 Å². The van der Waals surface area contributed by atoms with Gasteiger partial charge in [0.25, 0.3) is 0 Å². The second-order valence-electron chi connectivity index (χ2n) is 4.26. The summed E-state index contributed by atoms with van der Waals surface area (Å²) in [5, 5.41) is 0. The zero-order valence-electron chi connectivity index (χ0n) is 12.1. The lowest BCUT2D eigenvalue weighted by molar-refractivity contribution is 0.217. The van der Waals surface area contributed by atoms with Gasteiger partial charge in [0.05, 0.1) is 0 Å². The molecule has 20 heavy (non-hydrogen) atoms. The molecule has 0 aromatic heterocycles. The molecule has 0 N–H and O–H groups in total. The second-order valence-corrected chi connectivity index (χ2v) is 4.64. The van der Waals surface area contributed by atoms with Crippen molar-refractivity contribution in [1.82, 2.24) is 4.90 Å².